The molecule has 0 fully saturated rings. The lowest BCUT2D eigenvalue weighted by atomic mass is 10.0. The van der Waals surface area contributed by atoms with E-state index in [9.17, 15) is 22.8 Å². The fourth-order valence-corrected chi connectivity index (χ4v) is 6.77. The number of amides is 3. The van der Waals surface area contributed by atoms with Gasteiger partial charge in [0.2, 0.25) is 27.7 Å². The first kappa shape index (κ1) is 40.5. The van der Waals surface area contributed by atoms with E-state index in [0.717, 1.165) is 23.6 Å². The highest BCUT2D eigenvalue weighted by molar-refractivity contribution is 7.88. The Morgan fingerprint density at radius 3 is 1.93 bits per heavy atom. The van der Waals surface area contributed by atoms with Crippen molar-refractivity contribution in [2.45, 2.75) is 127 Å². The second-order valence-electron chi connectivity index (χ2n) is 12.0. The second-order valence-corrected chi connectivity index (χ2v) is 13.9. The Morgan fingerprint density at radius 2 is 1.36 bits per heavy atom. The lowest BCUT2D eigenvalue weighted by molar-refractivity contribution is -0.129. The van der Waals surface area contributed by atoms with Crippen LogP contribution >= 0.6 is 0 Å². The van der Waals surface area contributed by atoms with Crippen LogP contribution in [0, 0.1) is 0 Å². The summed E-state index contributed by atoms with van der Waals surface area (Å²) in [6, 6.07) is 7.29. The van der Waals surface area contributed by atoms with E-state index in [1.807, 2.05) is 0 Å². The number of benzene rings is 1. The number of unbranched alkanes of at least 4 members (excludes halogenated alkanes) is 10. The Balaban J connectivity index is 2.89. The highest BCUT2D eigenvalue weighted by Crippen LogP contribution is 2.15. The first-order chi connectivity index (χ1) is 21.6. The van der Waals surface area contributed by atoms with Gasteiger partial charge in [-0.3, -0.25) is 14.4 Å². The first-order valence-electron chi connectivity index (χ1n) is 16.9. The fourth-order valence-electron chi connectivity index (χ4n) is 5.24. The number of carbonyl (C=O) groups excluding carboxylic acids is 3. The Bertz CT molecular complexity index is 1060. The van der Waals surface area contributed by atoms with Crippen LogP contribution in [0.3, 0.4) is 0 Å². The van der Waals surface area contributed by atoms with Crippen LogP contribution in [-0.2, 0) is 30.2 Å². The third-order valence-corrected chi connectivity index (χ3v) is 9.56. The minimum absolute atomic E-state index is 0.129. The molecule has 0 saturated carbocycles. The summed E-state index contributed by atoms with van der Waals surface area (Å²) in [7, 11) is -3.94. The minimum Gasteiger partial charge on any atom is -0.369 e. The van der Waals surface area contributed by atoms with Gasteiger partial charge in [0.05, 0.1) is 12.3 Å². The zero-order chi connectivity index (χ0) is 33.3. The topological polar surface area (TPSA) is 191 Å². The minimum atomic E-state index is -3.94. The number of sulfonamides is 1. The zero-order valence-corrected chi connectivity index (χ0v) is 28.3. The van der Waals surface area contributed by atoms with Crippen LogP contribution in [0.4, 0.5) is 0 Å². The van der Waals surface area contributed by atoms with E-state index >= 15 is 0 Å². The molecular formula is C33H60N6O5S. The van der Waals surface area contributed by atoms with Gasteiger partial charge in [-0.15, -0.1) is 0 Å². The lowest BCUT2D eigenvalue weighted by Crippen LogP contribution is -2.53. The zero-order valence-electron chi connectivity index (χ0n) is 27.5. The summed E-state index contributed by atoms with van der Waals surface area (Å²) in [5.41, 5.74) is 17.4. The van der Waals surface area contributed by atoms with E-state index in [4.69, 9.17) is 17.2 Å². The molecule has 0 spiro atoms. The molecule has 3 amide bonds. The van der Waals surface area contributed by atoms with E-state index in [1.54, 1.807) is 30.3 Å². The summed E-state index contributed by atoms with van der Waals surface area (Å²) in [5, 5.41) is 5.87. The van der Waals surface area contributed by atoms with Crippen molar-refractivity contribution in [3.8, 4) is 0 Å². The van der Waals surface area contributed by atoms with E-state index in [1.165, 1.54) is 38.5 Å². The number of nitrogens with two attached hydrogens (primary N) is 3. The van der Waals surface area contributed by atoms with Crippen molar-refractivity contribution in [3.63, 3.8) is 0 Å². The molecule has 45 heavy (non-hydrogen) atoms. The average Bonchev–Trinajstić information content (AvgIpc) is 2.99. The van der Waals surface area contributed by atoms with Crippen molar-refractivity contribution >= 4 is 27.7 Å². The van der Waals surface area contributed by atoms with Gasteiger partial charge in [-0.2, -0.15) is 4.31 Å². The summed E-state index contributed by atoms with van der Waals surface area (Å²) < 4.78 is 27.8. The third kappa shape index (κ3) is 19.6. The van der Waals surface area contributed by atoms with Gasteiger partial charge in [-0.05, 0) is 57.2 Å². The molecule has 1 aromatic rings. The summed E-state index contributed by atoms with van der Waals surface area (Å²) in [6.45, 7) is 2.50. The monoisotopic (exact) mass is 652 g/mol. The standard InChI is InChI=1S/C33H60N6O5S/c1-2-3-4-5-6-7-8-9-13-22-32(41)38-30(21-15-17-24-35)33(42)37-29(20-14-16-23-34)25-39(26-31(36)40)45(43,44)27-28-18-11-10-12-19-28/h10-12,18-19,29-30H,2-9,13-17,20-27,34-35H2,1H3,(H2,36,40)(H,37,42)(H,38,41)/t29-,30-/m0/s1. The highest BCUT2D eigenvalue weighted by Gasteiger charge is 2.29. The molecule has 8 N–H and O–H groups in total. The second kappa shape index (κ2) is 24.7. The van der Waals surface area contributed by atoms with Crippen LogP contribution in [-0.4, -0.2) is 68.7 Å². The Kier molecular flexibility index (Phi) is 22.2. The molecule has 0 bridgehead atoms. The van der Waals surface area contributed by atoms with E-state index < -0.39 is 34.6 Å². The van der Waals surface area contributed by atoms with Gasteiger partial charge in [0.1, 0.15) is 6.04 Å². The van der Waals surface area contributed by atoms with Gasteiger partial charge < -0.3 is 27.8 Å². The molecule has 0 aromatic heterocycles. The molecule has 0 unspecified atom stereocenters. The normalized spacial score (nSPS) is 13.0. The quantitative estimate of drug-likeness (QED) is 0.0856. The van der Waals surface area contributed by atoms with Crippen molar-refractivity contribution < 1.29 is 22.8 Å². The summed E-state index contributed by atoms with van der Waals surface area (Å²) in [5.74, 6) is -1.65. The van der Waals surface area contributed by atoms with Crippen molar-refractivity contribution in [3.05, 3.63) is 35.9 Å². The molecule has 12 heteroatoms. The Labute approximate surface area is 271 Å². The van der Waals surface area contributed by atoms with Crippen LogP contribution in [0.2, 0.25) is 0 Å². The molecule has 1 aromatic carbocycles. The van der Waals surface area contributed by atoms with Gasteiger partial charge in [0, 0.05) is 19.0 Å². The number of carbonyl (C=O) groups is 3. The number of rotatable bonds is 28. The first-order valence-corrected chi connectivity index (χ1v) is 18.5. The third-order valence-electron chi connectivity index (χ3n) is 7.80. The molecule has 0 radical (unpaired) electrons. The summed E-state index contributed by atoms with van der Waals surface area (Å²) in [4.78, 5) is 38.3. The number of nitrogens with zero attached hydrogens (tertiary/aromatic N) is 1. The van der Waals surface area contributed by atoms with Crippen LogP contribution in [0.5, 0.6) is 0 Å². The SMILES string of the molecule is CCCCCCCCCCCC(=O)N[C@@H](CCCCN)C(=O)N[C@@H](CCCCN)CN(CC(N)=O)S(=O)(=O)Cc1ccccc1. The van der Waals surface area contributed by atoms with Crippen molar-refractivity contribution in [1.82, 2.24) is 14.9 Å². The summed E-state index contributed by atoms with van der Waals surface area (Å²) >= 11 is 0. The van der Waals surface area contributed by atoms with Crippen molar-refractivity contribution in [2.75, 3.05) is 26.2 Å². The molecular weight excluding hydrogens is 592 g/mol. The Hall–Kier alpha value is -2.54. The van der Waals surface area contributed by atoms with Gasteiger partial charge in [0.15, 0.2) is 0 Å². The molecule has 1 rings (SSSR count). The van der Waals surface area contributed by atoms with E-state index in [2.05, 4.69) is 17.6 Å². The number of nitrogens with one attached hydrogen (secondary N) is 2. The maximum Gasteiger partial charge on any atom is 0.242 e. The fraction of sp³-hybridized carbons (Fsp3) is 0.727. The molecule has 258 valence electrons. The predicted octanol–water partition coefficient (Wildman–Crippen LogP) is 3.45. The van der Waals surface area contributed by atoms with Gasteiger partial charge in [0.25, 0.3) is 0 Å². The lowest BCUT2D eigenvalue weighted by Gasteiger charge is -2.29. The molecule has 0 aliphatic rings. The van der Waals surface area contributed by atoms with E-state index in [0.29, 0.717) is 63.6 Å². The van der Waals surface area contributed by atoms with Gasteiger partial charge >= 0.3 is 0 Å². The van der Waals surface area contributed by atoms with Crippen LogP contribution < -0.4 is 27.8 Å². The van der Waals surface area contributed by atoms with Gasteiger partial charge in [-0.25, -0.2) is 8.42 Å². The molecule has 0 aliphatic carbocycles. The number of hydrogen-bond donors (Lipinski definition) is 5. The molecule has 0 aliphatic heterocycles. The van der Waals surface area contributed by atoms with Crippen molar-refractivity contribution in [1.29, 1.82) is 0 Å². The predicted molar refractivity (Wildman–Crippen MR) is 181 cm³/mol. The number of primary amides is 1. The molecule has 0 saturated heterocycles. The molecule has 2 atom stereocenters. The van der Waals surface area contributed by atoms with Crippen LogP contribution in [0.1, 0.15) is 115 Å². The smallest absolute Gasteiger partial charge is 0.242 e. The molecule has 11 nitrogen and oxygen atoms in total. The maximum atomic E-state index is 13.5. The van der Waals surface area contributed by atoms with Gasteiger partial charge in [-0.1, -0.05) is 95.0 Å². The number of hydrogen-bond acceptors (Lipinski definition) is 7. The average molecular weight is 653 g/mol. The summed E-state index contributed by atoms with van der Waals surface area (Å²) in [6.07, 6.45) is 14.2. The van der Waals surface area contributed by atoms with Crippen LogP contribution in [0.15, 0.2) is 30.3 Å². The van der Waals surface area contributed by atoms with E-state index in [-0.39, 0.29) is 24.1 Å². The molecule has 0 heterocycles. The highest BCUT2D eigenvalue weighted by atomic mass is 32.2. The largest absolute Gasteiger partial charge is 0.369 e. The van der Waals surface area contributed by atoms with Crippen LogP contribution in [0.25, 0.3) is 0 Å². The maximum absolute atomic E-state index is 13.5. The van der Waals surface area contributed by atoms with Crippen molar-refractivity contribution in [2.24, 2.45) is 17.2 Å². The Morgan fingerprint density at radius 1 is 0.778 bits per heavy atom.